The lowest BCUT2D eigenvalue weighted by Crippen LogP contribution is -2.38. The van der Waals surface area contributed by atoms with Crippen molar-refractivity contribution in [3.63, 3.8) is 0 Å². The van der Waals surface area contributed by atoms with E-state index in [2.05, 4.69) is 4.98 Å². The third-order valence-corrected chi connectivity index (χ3v) is 4.64. The summed E-state index contributed by atoms with van der Waals surface area (Å²) in [5.41, 5.74) is 5.61. The zero-order valence-corrected chi connectivity index (χ0v) is 15.1. The highest BCUT2D eigenvalue weighted by Gasteiger charge is 2.30. The van der Waals surface area contributed by atoms with Gasteiger partial charge in [0.1, 0.15) is 11.4 Å². The lowest BCUT2D eigenvalue weighted by atomic mass is 9.95. The van der Waals surface area contributed by atoms with Crippen molar-refractivity contribution >= 4 is 17.6 Å². The van der Waals surface area contributed by atoms with Gasteiger partial charge in [-0.1, -0.05) is 12.1 Å². The molecule has 27 heavy (non-hydrogen) atoms. The average Bonchev–Trinajstić information content (AvgIpc) is 2.72. The minimum Gasteiger partial charge on any atom is -0.496 e. The van der Waals surface area contributed by atoms with E-state index in [1.165, 1.54) is 19.4 Å². The Morgan fingerprint density at radius 1 is 1.04 bits per heavy atom. The maximum absolute atomic E-state index is 13.2. The number of hydrogen-bond acceptors (Lipinski definition) is 5. The highest BCUT2D eigenvalue weighted by molar-refractivity contribution is 6.19. The molecular weight excluding hydrogens is 346 g/mol. The van der Waals surface area contributed by atoms with Gasteiger partial charge in [-0.05, 0) is 37.5 Å². The summed E-state index contributed by atoms with van der Waals surface area (Å²) >= 11 is 0. The van der Waals surface area contributed by atoms with Crippen LogP contribution in [0.4, 0.5) is 0 Å². The molecule has 0 saturated carbocycles. The van der Waals surface area contributed by atoms with E-state index in [0.717, 1.165) is 19.3 Å². The molecule has 0 spiro atoms. The van der Waals surface area contributed by atoms with Gasteiger partial charge in [0.2, 0.25) is 0 Å². The van der Waals surface area contributed by atoms with E-state index in [1.54, 1.807) is 29.2 Å². The highest BCUT2D eigenvalue weighted by atomic mass is 16.5. The molecule has 2 amide bonds. The number of likely N-dealkylation sites (tertiary alicyclic amines) is 1. The summed E-state index contributed by atoms with van der Waals surface area (Å²) in [6.45, 7) is 1.16. The summed E-state index contributed by atoms with van der Waals surface area (Å²) < 4.78 is 5.26. The number of carbonyl (C=O) groups excluding carboxylic acids is 3. The van der Waals surface area contributed by atoms with Gasteiger partial charge in [0, 0.05) is 24.8 Å². The standard InChI is InChI=1S/C20H21N3O4/c1-27-15-8-4-3-7-13(15)18(24)14-9-10-22-17(19(21)25)16(14)20(26)23-11-5-2-6-12-23/h3-4,7-10H,2,5-6,11-12H2,1H3,(H2,21,25). The van der Waals surface area contributed by atoms with Gasteiger partial charge in [0.15, 0.2) is 5.78 Å². The molecule has 7 nitrogen and oxygen atoms in total. The second-order valence-corrected chi connectivity index (χ2v) is 6.33. The Kier molecular flexibility index (Phi) is 5.49. The normalized spacial score (nSPS) is 13.9. The smallest absolute Gasteiger partial charge is 0.268 e. The van der Waals surface area contributed by atoms with E-state index >= 15 is 0 Å². The highest BCUT2D eigenvalue weighted by Crippen LogP contribution is 2.25. The first-order valence-corrected chi connectivity index (χ1v) is 8.80. The molecule has 3 rings (SSSR count). The molecule has 1 saturated heterocycles. The number of hydrogen-bond donors (Lipinski definition) is 1. The first kappa shape index (κ1) is 18.6. The number of piperidine rings is 1. The number of pyridine rings is 1. The number of para-hydroxylation sites is 1. The van der Waals surface area contributed by atoms with Gasteiger partial charge in [-0.2, -0.15) is 0 Å². The summed E-state index contributed by atoms with van der Waals surface area (Å²) in [4.78, 5) is 43.8. The second-order valence-electron chi connectivity index (χ2n) is 6.33. The maximum Gasteiger partial charge on any atom is 0.268 e. The molecule has 0 unspecified atom stereocenters. The number of carbonyl (C=O) groups is 3. The van der Waals surface area contributed by atoms with Crippen LogP contribution >= 0.6 is 0 Å². The lowest BCUT2D eigenvalue weighted by Gasteiger charge is -2.27. The number of benzene rings is 1. The molecule has 2 N–H and O–H groups in total. The molecule has 1 fully saturated rings. The fourth-order valence-corrected chi connectivity index (χ4v) is 3.29. The number of methoxy groups -OCH3 is 1. The van der Waals surface area contributed by atoms with Crippen molar-refractivity contribution in [1.82, 2.24) is 9.88 Å². The van der Waals surface area contributed by atoms with Gasteiger partial charge in [-0.15, -0.1) is 0 Å². The van der Waals surface area contributed by atoms with Gasteiger partial charge in [0.25, 0.3) is 11.8 Å². The Labute approximate surface area is 157 Å². The Balaban J connectivity index is 2.12. The fraction of sp³-hybridized carbons (Fsp3) is 0.300. The molecule has 0 radical (unpaired) electrons. The number of nitrogens with two attached hydrogens (primary N) is 1. The third kappa shape index (κ3) is 3.67. The van der Waals surface area contributed by atoms with Gasteiger partial charge in [0.05, 0.1) is 18.2 Å². The topological polar surface area (TPSA) is 103 Å². The Morgan fingerprint density at radius 2 is 1.74 bits per heavy atom. The first-order valence-electron chi connectivity index (χ1n) is 8.80. The molecule has 0 atom stereocenters. The van der Waals surface area contributed by atoms with E-state index < -0.39 is 17.6 Å². The lowest BCUT2D eigenvalue weighted by molar-refractivity contribution is 0.0715. The largest absolute Gasteiger partial charge is 0.496 e. The van der Waals surface area contributed by atoms with E-state index in [-0.39, 0.29) is 16.8 Å². The number of nitrogens with zero attached hydrogens (tertiary/aromatic N) is 2. The Hall–Kier alpha value is -3.22. The van der Waals surface area contributed by atoms with Crippen molar-refractivity contribution < 1.29 is 19.1 Å². The van der Waals surface area contributed by atoms with Crippen LogP contribution in [0.1, 0.15) is 56.0 Å². The average molecular weight is 367 g/mol. The van der Waals surface area contributed by atoms with Crippen molar-refractivity contribution in [2.75, 3.05) is 20.2 Å². The SMILES string of the molecule is COc1ccccc1C(=O)c1ccnc(C(N)=O)c1C(=O)N1CCCCC1. The van der Waals surface area contributed by atoms with E-state index in [9.17, 15) is 14.4 Å². The second kappa shape index (κ2) is 7.99. The Bertz CT molecular complexity index is 889. The van der Waals surface area contributed by atoms with Gasteiger partial charge in [-0.3, -0.25) is 19.4 Å². The van der Waals surface area contributed by atoms with E-state index in [4.69, 9.17) is 10.5 Å². The molecule has 2 heterocycles. The van der Waals surface area contributed by atoms with Crippen LogP contribution < -0.4 is 10.5 Å². The number of ketones is 1. The van der Waals surface area contributed by atoms with E-state index in [0.29, 0.717) is 24.4 Å². The fourth-order valence-electron chi connectivity index (χ4n) is 3.29. The maximum atomic E-state index is 13.2. The Morgan fingerprint density at radius 3 is 2.41 bits per heavy atom. The molecule has 1 aromatic heterocycles. The van der Waals surface area contributed by atoms with Crippen LogP contribution in [0.2, 0.25) is 0 Å². The van der Waals surface area contributed by atoms with Crippen LogP contribution in [-0.2, 0) is 0 Å². The summed E-state index contributed by atoms with van der Waals surface area (Å²) in [5, 5.41) is 0. The number of amides is 2. The zero-order valence-electron chi connectivity index (χ0n) is 15.1. The molecule has 1 aromatic carbocycles. The summed E-state index contributed by atoms with van der Waals surface area (Å²) in [6.07, 6.45) is 4.13. The zero-order chi connectivity index (χ0) is 19.4. The van der Waals surface area contributed by atoms with Gasteiger partial charge in [-0.25, -0.2) is 0 Å². The quantitative estimate of drug-likeness (QED) is 0.815. The van der Waals surface area contributed by atoms with Crippen molar-refractivity contribution in [1.29, 1.82) is 0 Å². The van der Waals surface area contributed by atoms with E-state index in [1.807, 2.05) is 0 Å². The van der Waals surface area contributed by atoms with Crippen LogP contribution in [0, 0.1) is 0 Å². The molecule has 0 bridgehead atoms. The van der Waals surface area contributed by atoms with Gasteiger partial charge < -0.3 is 15.4 Å². The number of primary amides is 1. The molecule has 0 aliphatic carbocycles. The van der Waals surface area contributed by atoms with Crippen molar-refractivity contribution in [3.8, 4) is 5.75 Å². The molecule has 2 aromatic rings. The monoisotopic (exact) mass is 367 g/mol. The van der Waals surface area contributed by atoms with Crippen molar-refractivity contribution in [2.24, 2.45) is 5.73 Å². The minimum absolute atomic E-state index is 0.0391. The summed E-state index contributed by atoms with van der Waals surface area (Å²) in [5.74, 6) is -1.27. The predicted octanol–water partition coefficient (Wildman–Crippen LogP) is 2.05. The van der Waals surface area contributed by atoms with Crippen molar-refractivity contribution in [3.05, 3.63) is 58.9 Å². The molecular formula is C20H21N3O4. The van der Waals surface area contributed by atoms with Crippen LogP contribution in [0.25, 0.3) is 0 Å². The van der Waals surface area contributed by atoms with Crippen LogP contribution in [0.5, 0.6) is 5.75 Å². The molecule has 1 aliphatic rings. The number of aromatic nitrogens is 1. The van der Waals surface area contributed by atoms with Crippen LogP contribution in [-0.4, -0.2) is 47.7 Å². The molecule has 7 heteroatoms. The number of ether oxygens (including phenoxy) is 1. The third-order valence-electron chi connectivity index (χ3n) is 4.64. The number of rotatable bonds is 5. The molecule has 1 aliphatic heterocycles. The van der Waals surface area contributed by atoms with Gasteiger partial charge >= 0.3 is 0 Å². The van der Waals surface area contributed by atoms with Crippen LogP contribution in [0.15, 0.2) is 36.5 Å². The summed E-state index contributed by atoms with van der Waals surface area (Å²) in [7, 11) is 1.47. The predicted molar refractivity (Wildman–Crippen MR) is 98.9 cm³/mol. The minimum atomic E-state index is -0.843. The van der Waals surface area contributed by atoms with Crippen molar-refractivity contribution in [2.45, 2.75) is 19.3 Å². The van der Waals surface area contributed by atoms with Crippen LogP contribution in [0.3, 0.4) is 0 Å². The molecule has 140 valence electrons. The first-order chi connectivity index (χ1) is 13.0. The summed E-state index contributed by atoms with van der Waals surface area (Å²) in [6, 6.07) is 8.17.